The molecule has 0 spiro atoms. The number of rotatable bonds is 4. The molecule has 0 saturated carbocycles. The Morgan fingerprint density at radius 1 is 1.12 bits per heavy atom. The minimum atomic E-state index is -1.14. The molecule has 0 aliphatic heterocycles. The van der Waals surface area contributed by atoms with Gasteiger partial charge in [-0.05, 0) is 0 Å². The van der Waals surface area contributed by atoms with Gasteiger partial charge in [-0.15, -0.1) is 0 Å². The Bertz CT molecular complexity index is 41.8. The minimum absolute atomic E-state index is 1.14. The first-order chi connectivity index (χ1) is 3.81. The van der Waals surface area contributed by atoms with Gasteiger partial charge in [0.15, 0.2) is 0 Å². The molecule has 0 fully saturated rings. The van der Waals surface area contributed by atoms with E-state index in [1.54, 1.807) is 0 Å². The standard InChI is InChI=1S/2C3H7.ClH.Ga/c2*1-3-2;;/h2*1,3H2,2H3;1H;/q;;;+1/p-1. The average molecular weight is 191 g/mol. The first-order valence-electron chi connectivity index (χ1n) is 3.45. The zero-order chi connectivity index (χ0) is 6.41. The second-order valence-electron chi connectivity index (χ2n) is 2.17. The first-order valence-corrected chi connectivity index (χ1v) is 10.1. The molecule has 0 unspecified atom stereocenters. The Morgan fingerprint density at radius 3 is 1.75 bits per heavy atom. The zero-order valence-corrected chi connectivity index (χ0v) is 8.96. The van der Waals surface area contributed by atoms with Crippen molar-refractivity contribution in [1.82, 2.24) is 0 Å². The molecule has 0 nitrogen and oxygen atoms in total. The molecule has 0 atom stereocenters. The maximum atomic E-state index is 6.07. The summed E-state index contributed by atoms with van der Waals surface area (Å²) in [5.41, 5.74) is 0. The van der Waals surface area contributed by atoms with Crippen molar-refractivity contribution in [2.24, 2.45) is 0 Å². The maximum absolute atomic E-state index is 6.07. The molecule has 0 bridgehead atoms. The van der Waals surface area contributed by atoms with Crippen molar-refractivity contribution in [1.29, 1.82) is 0 Å². The van der Waals surface area contributed by atoms with E-state index < -0.39 is 15.2 Å². The Labute approximate surface area is 61.7 Å². The first kappa shape index (κ1) is 8.93. The van der Waals surface area contributed by atoms with Crippen LogP contribution >= 0.6 is 9.64 Å². The van der Waals surface area contributed by atoms with Crippen molar-refractivity contribution in [3.63, 3.8) is 0 Å². The van der Waals surface area contributed by atoms with Crippen LogP contribution in [0.4, 0.5) is 0 Å². The van der Waals surface area contributed by atoms with E-state index in [1.165, 1.54) is 22.8 Å². The second kappa shape index (κ2) is 6.05. The average Bonchev–Trinajstić information content (AvgIpc) is 1.68. The van der Waals surface area contributed by atoms with Gasteiger partial charge >= 0.3 is 61.5 Å². The monoisotopic (exact) mass is 190 g/mol. The molecule has 0 aliphatic rings. The molecule has 0 N–H and O–H groups in total. The van der Waals surface area contributed by atoms with Crippen LogP contribution in [0.1, 0.15) is 26.7 Å². The molecule has 48 valence electrons. The summed E-state index contributed by atoms with van der Waals surface area (Å²) >= 11 is -1.14. The summed E-state index contributed by atoms with van der Waals surface area (Å²) in [6, 6.07) is 0. The van der Waals surface area contributed by atoms with Crippen LogP contribution < -0.4 is 0 Å². The van der Waals surface area contributed by atoms with Gasteiger partial charge in [-0.1, -0.05) is 0 Å². The number of hydrogen-bond acceptors (Lipinski definition) is 0. The molecule has 0 saturated heterocycles. The fourth-order valence-electron chi connectivity index (χ4n) is 0.771. The van der Waals surface area contributed by atoms with E-state index in [1.807, 2.05) is 0 Å². The van der Waals surface area contributed by atoms with Gasteiger partial charge in [0.2, 0.25) is 0 Å². The van der Waals surface area contributed by atoms with Crippen LogP contribution in [-0.4, -0.2) is 15.2 Å². The van der Waals surface area contributed by atoms with Crippen LogP contribution in [0.25, 0.3) is 0 Å². The Kier molecular flexibility index (Phi) is 6.75. The van der Waals surface area contributed by atoms with E-state index in [-0.39, 0.29) is 0 Å². The van der Waals surface area contributed by atoms with Gasteiger partial charge in [-0.3, -0.25) is 0 Å². The van der Waals surface area contributed by atoms with E-state index in [0.717, 1.165) is 0 Å². The van der Waals surface area contributed by atoms with Gasteiger partial charge in [-0.25, -0.2) is 0 Å². The van der Waals surface area contributed by atoms with Crippen LogP contribution in [0.15, 0.2) is 0 Å². The van der Waals surface area contributed by atoms with E-state index in [2.05, 4.69) is 13.8 Å². The van der Waals surface area contributed by atoms with Crippen molar-refractivity contribution in [2.75, 3.05) is 0 Å². The van der Waals surface area contributed by atoms with Crippen LogP contribution in [-0.2, 0) is 0 Å². The molecule has 0 heterocycles. The summed E-state index contributed by atoms with van der Waals surface area (Å²) in [5, 5.41) is 0. The van der Waals surface area contributed by atoms with Crippen molar-refractivity contribution in [2.45, 2.75) is 36.6 Å². The van der Waals surface area contributed by atoms with Crippen molar-refractivity contribution >= 4 is 24.9 Å². The molecule has 0 radical (unpaired) electrons. The summed E-state index contributed by atoms with van der Waals surface area (Å²) in [6.45, 7) is 4.44. The Balaban J connectivity index is 2.92. The van der Waals surface area contributed by atoms with E-state index in [9.17, 15) is 0 Å². The number of halogens is 1. The van der Waals surface area contributed by atoms with Crippen molar-refractivity contribution < 1.29 is 0 Å². The molecule has 0 rings (SSSR count). The third-order valence-electron chi connectivity index (χ3n) is 1.20. The summed E-state index contributed by atoms with van der Waals surface area (Å²) in [5.74, 6) is 0. The fourth-order valence-corrected chi connectivity index (χ4v) is 6.27. The Hall–Kier alpha value is 0.926. The van der Waals surface area contributed by atoms with E-state index in [0.29, 0.717) is 0 Å². The second-order valence-corrected chi connectivity index (χ2v) is 10.3. The third-order valence-corrected chi connectivity index (χ3v) is 8.52. The molecule has 0 aromatic heterocycles. The van der Waals surface area contributed by atoms with E-state index >= 15 is 0 Å². The molecular formula is C6H14ClGa. The van der Waals surface area contributed by atoms with Gasteiger partial charge < -0.3 is 0 Å². The topological polar surface area (TPSA) is 0 Å². The summed E-state index contributed by atoms with van der Waals surface area (Å²) in [6.07, 6.45) is 2.60. The predicted octanol–water partition coefficient (Wildman–Crippen LogP) is 3.04. The normalized spacial score (nSPS) is 9.38. The van der Waals surface area contributed by atoms with Crippen LogP contribution in [0, 0.1) is 0 Å². The molecule has 8 heavy (non-hydrogen) atoms. The molecule has 0 aromatic rings. The van der Waals surface area contributed by atoms with Gasteiger partial charge in [0.25, 0.3) is 0 Å². The summed E-state index contributed by atoms with van der Waals surface area (Å²) in [7, 11) is 6.07. The quantitative estimate of drug-likeness (QED) is 0.599. The predicted molar refractivity (Wildman–Crippen MR) is 41.8 cm³/mol. The van der Waals surface area contributed by atoms with Gasteiger partial charge in [0, 0.05) is 0 Å². The molecule has 2 heteroatoms. The fraction of sp³-hybridized carbons (Fsp3) is 1.00. The van der Waals surface area contributed by atoms with Crippen molar-refractivity contribution in [3.05, 3.63) is 0 Å². The molecule has 0 amide bonds. The Morgan fingerprint density at radius 2 is 1.50 bits per heavy atom. The SMILES string of the molecule is CC[CH2][Ga]([Cl])[CH2]CC. The molecule has 0 aliphatic carbocycles. The van der Waals surface area contributed by atoms with Crippen molar-refractivity contribution in [3.8, 4) is 0 Å². The third kappa shape index (κ3) is 5.07. The number of hydrogen-bond donors (Lipinski definition) is 0. The van der Waals surface area contributed by atoms with Crippen LogP contribution in [0.2, 0.25) is 9.95 Å². The molecule has 0 aromatic carbocycles. The van der Waals surface area contributed by atoms with Gasteiger partial charge in [-0.2, -0.15) is 0 Å². The zero-order valence-electron chi connectivity index (χ0n) is 5.78. The van der Waals surface area contributed by atoms with Crippen LogP contribution in [0.5, 0.6) is 0 Å². The van der Waals surface area contributed by atoms with Gasteiger partial charge in [0.1, 0.15) is 0 Å². The summed E-state index contributed by atoms with van der Waals surface area (Å²) < 4.78 is 0. The van der Waals surface area contributed by atoms with E-state index in [4.69, 9.17) is 9.64 Å². The van der Waals surface area contributed by atoms with Crippen LogP contribution in [0.3, 0.4) is 0 Å². The summed E-state index contributed by atoms with van der Waals surface area (Å²) in [4.78, 5) is 2.73. The molecular weight excluding hydrogens is 177 g/mol. The van der Waals surface area contributed by atoms with Gasteiger partial charge in [0.05, 0.1) is 0 Å².